The summed E-state index contributed by atoms with van der Waals surface area (Å²) in [6.07, 6.45) is 2.51. The van der Waals surface area contributed by atoms with E-state index in [2.05, 4.69) is 59.4 Å². The fraction of sp³-hybridized carbons (Fsp3) is 0.611. The van der Waals surface area contributed by atoms with Crippen LogP contribution in [0.2, 0.25) is 0 Å². The maximum absolute atomic E-state index is 5.56. The molecular weight excluding hydrogens is 274 g/mol. The first-order valence-electron chi connectivity index (χ1n) is 8.33. The normalized spacial score (nSPS) is 19.0. The molecule has 1 aliphatic heterocycles. The number of benzene rings is 1. The van der Waals surface area contributed by atoms with Crippen molar-refractivity contribution in [2.45, 2.75) is 38.7 Å². The lowest BCUT2D eigenvalue weighted by molar-refractivity contribution is 0.0776. The average Bonchev–Trinajstić information content (AvgIpc) is 3.01. The van der Waals surface area contributed by atoms with Gasteiger partial charge in [-0.05, 0) is 32.3 Å². The number of nitrogens with zero attached hydrogens (tertiary/aromatic N) is 2. The summed E-state index contributed by atoms with van der Waals surface area (Å²) in [7, 11) is 1.86. The molecular formula is C18H29N3O. The Kier molecular flexibility index (Phi) is 6.72. The zero-order valence-corrected chi connectivity index (χ0v) is 14.1. The number of ether oxygens (including phenoxy) is 1. The average molecular weight is 303 g/mol. The minimum atomic E-state index is 0.310. The summed E-state index contributed by atoms with van der Waals surface area (Å²) in [6, 6.07) is 10.8. The standard InChI is InChI=1S/C18H29N3O/c1-15(2)22-13-7-11-20-18(19-3)21-12-10-17(14-21)16-8-5-4-6-9-16/h4-6,8-9,15,17H,7,10-14H2,1-3H3,(H,19,20). The van der Waals surface area contributed by atoms with Gasteiger partial charge < -0.3 is 15.0 Å². The van der Waals surface area contributed by atoms with Crippen molar-refractivity contribution in [3.05, 3.63) is 35.9 Å². The number of guanidine groups is 1. The first-order valence-corrected chi connectivity index (χ1v) is 8.33. The highest BCUT2D eigenvalue weighted by Gasteiger charge is 2.25. The van der Waals surface area contributed by atoms with Crippen LogP contribution in [-0.4, -0.2) is 50.3 Å². The van der Waals surface area contributed by atoms with Crippen LogP contribution < -0.4 is 5.32 Å². The van der Waals surface area contributed by atoms with E-state index < -0.39 is 0 Å². The Labute approximate surface area is 134 Å². The molecule has 22 heavy (non-hydrogen) atoms. The molecule has 4 heteroatoms. The molecule has 1 aromatic carbocycles. The van der Waals surface area contributed by atoms with E-state index in [-0.39, 0.29) is 0 Å². The number of likely N-dealkylation sites (tertiary alicyclic amines) is 1. The van der Waals surface area contributed by atoms with Gasteiger partial charge in [0, 0.05) is 39.2 Å². The molecule has 0 aliphatic carbocycles. The van der Waals surface area contributed by atoms with Crippen LogP contribution in [-0.2, 0) is 4.74 Å². The maximum Gasteiger partial charge on any atom is 0.193 e. The quantitative estimate of drug-likeness (QED) is 0.499. The molecule has 1 unspecified atom stereocenters. The van der Waals surface area contributed by atoms with Gasteiger partial charge in [0.1, 0.15) is 0 Å². The summed E-state index contributed by atoms with van der Waals surface area (Å²) in [5, 5.41) is 3.45. The van der Waals surface area contributed by atoms with Crippen molar-refractivity contribution in [2.24, 2.45) is 4.99 Å². The molecule has 1 fully saturated rings. The van der Waals surface area contributed by atoms with E-state index in [4.69, 9.17) is 4.74 Å². The highest BCUT2D eigenvalue weighted by Crippen LogP contribution is 2.26. The second-order valence-electron chi connectivity index (χ2n) is 6.09. The summed E-state index contributed by atoms with van der Waals surface area (Å²) in [6.45, 7) is 7.97. The SMILES string of the molecule is CN=C(NCCCOC(C)C)N1CCC(c2ccccc2)C1. The molecule has 0 bridgehead atoms. The molecule has 0 spiro atoms. The van der Waals surface area contributed by atoms with E-state index in [0.717, 1.165) is 38.6 Å². The number of aliphatic imine (C=N–C) groups is 1. The molecule has 122 valence electrons. The predicted molar refractivity (Wildman–Crippen MR) is 92.4 cm³/mol. The highest BCUT2D eigenvalue weighted by atomic mass is 16.5. The third-order valence-corrected chi connectivity index (χ3v) is 4.03. The lowest BCUT2D eigenvalue weighted by Crippen LogP contribution is -2.40. The largest absolute Gasteiger partial charge is 0.379 e. The minimum absolute atomic E-state index is 0.310. The number of hydrogen-bond acceptors (Lipinski definition) is 2. The van der Waals surface area contributed by atoms with Gasteiger partial charge in [-0.2, -0.15) is 0 Å². The molecule has 1 aliphatic rings. The maximum atomic E-state index is 5.56. The van der Waals surface area contributed by atoms with Crippen LogP contribution in [0.3, 0.4) is 0 Å². The molecule has 0 aromatic heterocycles. The van der Waals surface area contributed by atoms with Crippen molar-refractivity contribution in [3.8, 4) is 0 Å². The zero-order valence-electron chi connectivity index (χ0n) is 14.1. The predicted octanol–water partition coefficient (Wildman–Crippen LogP) is 2.87. The van der Waals surface area contributed by atoms with Crippen LogP contribution in [0.4, 0.5) is 0 Å². The van der Waals surface area contributed by atoms with Crippen molar-refractivity contribution in [3.63, 3.8) is 0 Å². The second kappa shape index (κ2) is 8.79. The van der Waals surface area contributed by atoms with Crippen molar-refractivity contribution >= 4 is 5.96 Å². The fourth-order valence-electron chi connectivity index (χ4n) is 2.87. The number of rotatable bonds is 6. The smallest absolute Gasteiger partial charge is 0.193 e. The van der Waals surface area contributed by atoms with Gasteiger partial charge in [-0.15, -0.1) is 0 Å². The van der Waals surface area contributed by atoms with Crippen molar-refractivity contribution in [1.29, 1.82) is 0 Å². The van der Waals surface area contributed by atoms with Crippen LogP contribution in [0, 0.1) is 0 Å². The second-order valence-corrected chi connectivity index (χ2v) is 6.09. The summed E-state index contributed by atoms with van der Waals surface area (Å²) >= 11 is 0. The lowest BCUT2D eigenvalue weighted by Gasteiger charge is -2.22. The Balaban J connectivity index is 1.76. The Hall–Kier alpha value is -1.55. The van der Waals surface area contributed by atoms with Gasteiger partial charge in [0.2, 0.25) is 0 Å². The molecule has 0 radical (unpaired) electrons. The van der Waals surface area contributed by atoms with E-state index in [0.29, 0.717) is 12.0 Å². The Morgan fingerprint density at radius 3 is 2.82 bits per heavy atom. The van der Waals surface area contributed by atoms with Crippen molar-refractivity contribution in [2.75, 3.05) is 33.3 Å². The topological polar surface area (TPSA) is 36.9 Å². The summed E-state index contributed by atoms with van der Waals surface area (Å²) < 4.78 is 5.56. The summed E-state index contributed by atoms with van der Waals surface area (Å²) in [4.78, 5) is 6.78. The monoisotopic (exact) mass is 303 g/mol. The third-order valence-electron chi connectivity index (χ3n) is 4.03. The molecule has 4 nitrogen and oxygen atoms in total. The first kappa shape index (κ1) is 16.8. The van der Waals surface area contributed by atoms with Crippen LogP contribution in [0.5, 0.6) is 0 Å². The van der Waals surface area contributed by atoms with Crippen molar-refractivity contribution in [1.82, 2.24) is 10.2 Å². The minimum Gasteiger partial charge on any atom is -0.379 e. The zero-order chi connectivity index (χ0) is 15.8. The number of hydrogen-bond donors (Lipinski definition) is 1. The Morgan fingerprint density at radius 1 is 1.36 bits per heavy atom. The van der Waals surface area contributed by atoms with E-state index in [9.17, 15) is 0 Å². The molecule has 1 atom stereocenters. The Bertz CT molecular complexity index is 459. The molecule has 1 heterocycles. The molecule has 0 amide bonds. The van der Waals surface area contributed by atoms with Gasteiger partial charge in [-0.25, -0.2) is 0 Å². The van der Waals surface area contributed by atoms with Gasteiger partial charge in [-0.3, -0.25) is 4.99 Å². The van der Waals surface area contributed by atoms with E-state index in [1.807, 2.05) is 7.05 Å². The van der Waals surface area contributed by atoms with Crippen LogP contribution in [0.25, 0.3) is 0 Å². The first-order chi connectivity index (χ1) is 10.7. The third kappa shape index (κ3) is 5.02. The van der Waals surface area contributed by atoms with Gasteiger partial charge in [0.15, 0.2) is 5.96 Å². The highest BCUT2D eigenvalue weighted by molar-refractivity contribution is 5.80. The molecule has 1 saturated heterocycles. The van der Waals surface area contributed by atoms with Crippen LogP contribution in [0.15, 0.2) is 35.3 Å². The molecule has 2 rings (SSSR count). The van der Waals surface area contributed by atoms with E-state index in [1.165, 1.54) is 12.0 Å². The van der Waals surface area contributed by atoms with Crippen LogP contribution in [0.1, 0.15) is 38.2 Å². The van der Waals surface area contributed by atoms with Gasteiger partial charge in [0.25, 0.3) is 0 Å². The van der Waals surface area contributed by atoms with Crippen LogP contribution >= 0.6 is 0 Å². The molecule has 0 saturated carbocycles. The van der Waals surface area contributed by atoms with E-state index >= 15 is 0 Å². The summed E-state index contributed by atoms with van der Waals surface area (Å²) in [5.41, 5.74) is 1.44. The van der Waals surface area contributed by atoms with Gasteiger partial charge in [0.05, 0.1) is 6.10 Å². The Morgan fingerprint density at radius 2 is 2.14 bits per heavy atom. The van der Waals surface area contributed by atoms with Gasteiger partial charge >= 0.3 is 0 Å². The van der Waals surface area contributed by atoms with Gasteiger partial charge in [-0.1, -0.05) is 30.3 Å². The number of nitrogens with one attached hydrogen (secondary N) is 1. The lowest BCUT2D eigenvalue weighted by atomic mass is 9.99. The molecule has 1 N–H and O–H groups in total. The summed E-state index contributed by atoms with van der Waals surface area (Å²) in [5.74, 6) is 1.63. The molecule has 1 aromatic rings. The van der Waals surface area contributed by atoms with Crippen molar-refractivity contribution < 1.29 is 4.74 Å². The van der Waals surface area contributed by atoms with E-state index in [1.54, 1.807) is 0 Å². The fourth-order valence-corrected chi connectivity index (χ4v) is 2.87.